The fourth-order valence-corrected chi connectivity index (χ4v) is 4.65. The fraction of sp³-hybridized carbons (Fsp3) is 0.400. The highest BCUT2D eigenvalue weighted by Crippen LogP contribution is 2.39. The third-order valence-electron chi connectivity index (χ3n) is 4.69. The van der Waals surface area contributed by atoms with E-state index in [2.05, 4.69) is 5.32 Å². The molecule has 0 radical (unpaired) electrons. The van der Waals surface area contributed by atoms with Crippen LogP contribution in [-0.4, -0.2) is 22.9 Å². The van der Waals surface area contributed by atoms with Crippen LogP contribution in [0.25, 0.3) is 0 Å². The first kappa shape index (κ1) is 20.0. The number of carbonyl (C=O) groups excluding carboxylic acids is 2. The standard InChI is InChI=1S/C20H22N2O5S/c1-11(2)27-20(24)17-14-7-4-5-10-16(14)28-19(17)21-18(23)13-8-6-9-15(12(13)3)22(25)26/h6,8-9,11H,4-5,7,10H2,1-3H3,(H,21,23). The first-order valence-corrected chi connectivity index (χ1v) is 10.0. The van der Waals surface area contributed by atoms with Crippen LogP contribution in [-0.2, 0) is 17.6 Å². The number of aryl methyl sites for hydroxylation is 1. The van der Waals surface area contributed by atoms with Crippen molar-refractivity contribution in [3.63, 3.8) is 0 Å². The molecule has 28 heavy (non-hydrogen) atoms. The number of anilines is 1. The number of hydrogen-bond acceptors (Lipinski definition) is 6. The maximum Gasteiger partial charge on any atom is 0.341 e. The topological polar surface area (TPSA) is 98.5 Å². The lowest BCUT2D eigenvalue weighted by Crippen LogP contribution is -2.18. The Morgan fingerprint density at radius 3 is 2.64 bits per heavy atom. The number of carbonyl (C=O) groups is 2. The van der Waals surface area contributed by atoms with Gasteiger partial charge in [0, 0.05) is 22.1 Å². The van der Waals surface area contributed by atoms with Gasteiger partial charge in [0.15, 0.2) is 0 Å². The summed E-state index contributed by atoms with van der Waals surface area (Å²) in [6.45, 7) is 5.10. The Balaban J connectivity index is 1.97. The number of nitro benzene ring substituents is 1. The molecule has 0 saturated carbocycles. The van der Waals surface area contributed by atoms with Crippen molar-refractivity contribution in [1.82, 2.24) is 0 Å². The van der Waals surface area contributed by atoms with Gasteiger partial charge in [0.1, 0.15) is 5.00 Å². The lowest BCUT2D eigenvalue weighted by atomic mass is 9.95. The maximum atomic E-state index is 12.8. The van der Waals surface area contributed by atoms with Crippen molar-refractivity contribution < 1.29 is 19.2 Å². The molecule has 0 bridgehead atoms. The number of benzene rings is 1. The number of nitro groups is 1. The minimum Gasteiger partial charge on any atom is -0.459 e. The lowest BCUT2D eigenvalue weighted by Gasteiger charge is -2.14. The van der Waals surface area contributed by atoms with E-state index in [1.807, 2.05) is 0 Å². The van der Waals surface area contributed by atoms with E-state index in [1.165, 1.54) is 29.5 Å². The van der Waals surface area contributed by atoms with Gasteiger partial charge in [-0.1, -0.05) is 6.07 Å². The monoisotopic (exact) mass is 402 g/mol. The Kier molecular flexibility index (Phi) is 5.79. The number of amides is 1. The van der Waals surface area contributed by atoms with Crippen molar-refractivity contribution >= 4 is 33.9 Å². The molecule has 0 unspecified atom stereocenters. The molecule has 0 atom stereocenters. The Bertz CT molecular complexity index is 948. The van der Waals surface area contributed by atoms with E-state index < -0.39 is 16.8 Å². The van der Waals surface area contributed by atoms with Gasteiger partial charge in [-0.15, -0.1) is 11.3 Å². The van der Waals surface area contributed by atoms with Crippen molar-refractivity contribution in [2.24, 2.45) is 0 Å². The number of thiophene rings is 1. The van der Waals surface area contributed by atoms with E-state index in [1.54, 1.807) is 20.8 Å². The quantitative estimate of drug-likeness (QED) is 0.445. The fourth-order valence-electron chi connectivity index (χ4n) is 3.38. The molecule has 0 aliphatic heterocycles. The van der Waals surface area contributed by atoms with Gasteiger partial charge in [-0.2, -0.15) is 0 Å². The van der Waals surface area contributed by atoms with Crippen LogP contribution in [0.4, 0.5) is 10.7 Å². The Morgan fingerprint density at radius 2 is 1.96 bits per heavy atom. The summed E-state index contributed by atoms with van der Waals surface area (Å²) in [5.74, 6) is -0.918. The molecule has 1 aliphatic carbocycles. The molecule has 1 aromatic heterocycles. The summed E-state index contributed by atoms with van der Waals surface area (Å²) in [6, 6.07) is 4.38. The first-order chi connectivity index (χ1) is 13.3. The predicted octanol–water partition coefficient (Wildman–Crippen LogP) is 4.66. The van der Waals surface area contributed by atoms with Crippen molar-refractivity contribution in [3.05, 3.63) is 55.4 Å². The molecule has 1 aliphatic rings. The average Bonchev–Trinajstić information content (AvgIpc) is 2.98. The van der Waals surface area contributed by atoms with Gasteiger partial charge in [0.05, 0.1) is 16.6 Å². The van der Waals surface area contributed by atoms with E-state index in [0.717, 1.165) is 36.1 Å². The van der Waals surface area contributed by atoms with E-state index in [-0.39, 0.29) is 22.9 Å². The second-order valence-electron chi connectivity index (χ2n) is 7.03. The summed E-state index contributed by atoms with van der Waals surface area (Å²) in [7, 11) is 0. The zero-order valence-corrected chi connectivity index (χ0v) is 16.9. The molecule has 2 aromatic rings. The summed E-state index contributed by atoms with van der Waals surface area (Å²) >= 11 is 1.39. The summed E-state index contributed by atoms with van der Waals surface area (Å²) in [4.78, 5) is 37.2. The average molecular weight is 402 g/mol. The molecule has 1 heterocycles. The molecule has 0 fully saturated rings. The van der Waals surface area contributed by atoms with Crippen LogP contribution in [0.15, 0.2) is 18.2 Å². The zero-order valence-electron chi connectivity index (χ0n) is 16.0. The highest BCUT2D eigenvalue weighted by atomic mass is 32.1. The summed E-state index contributed by atoms with van der Waals surface area (Å²) in [5.41, 5.74) is 1.76. The van der Waals surface area contributed by atoms with Crippen LogP contribution in [0.3, 0.4) is 0 Å². The molecular weight excluding hydrogens is 380 g/mol. The number of hydrogen-bond donors (Lipinski definition) is 1. The number of nitrogens with zero attached hydrogens (tertiary/aromatic N) is 1. The Morgan fingerprint density at radius 1 is 1.25 bits per heavy atom. The van der Waals surface area contributed by atoms with Crippen LogP contribution >= 0.6 is 11.3 Å². The van der Waals surface area contributed by atoms with Gasteiger partial charge in [-0.25, -0.2) is 4.79 Å². The largest absolute Gasteiger partial charge is 0.459 e. The molecule has 1 aromatic carbocycles. The zero-order chi connectivity index (χ0) is 20.4. The predicted molar refractivity (Wildman–Crippen MR) is 107 cm³/mol. The normalized spacial score (nSPS) is 13.1. The molecule has 1 N–H and O–H groups in total. The van der Waals surface area contributed by atoms with Crippen LogP contribution < -0.4 is 5.32 Å². The summed E-state index contributed by atoms with van der Waals surface area (Å²) in [6.07, 6.45) is 3.41. The second-order valence-corrected chi connectivity index (χ2v) is 8.14. The van der Waals surface area contributed by atoms with Crippen molar-refractivity contribution in [2.45, 2.75) is 52.6 Å². The summed E-state index contributed by atoms with van der Waals surface area (Å²) < 4.78 is 5.39. The van der Waals surface area contributed by atoms with E-state index >= 15 is 0 Å². The van der Waals surface area contributed by atoms with E-state index in [4.69, 9.17) is 4.74 Å². The van der Waals surface area contributed by atoms with Gasteiger partial charge in [0.2, 0.25) is 0 Å². The Hall–Kier alpha value is -2.74. The van der Waals surface area contributed by atoms with Gasteiger partial charge >= 0.3 is 5.97 Å². The van der Waals surface area contributed by atoms with E-state index in [9.17, 15) is 19.7 Å². The van der Waals surface area contributed by atoms with Gasteiger partial charge < -0.3 is 10.1 Å². The maximum absolute atomic E-state index is 12.8. The third-order valence-corrected chi connectivity index (χ3v) is 5.90. The molecule has 0 saturated heterocycles. The lowest BCUT2D eigenvalue weighted by molar-refractivity contribution is -0.385. The Labute approximate surface area is 166 Å². The number of rotatable bonds is 5. The highest BCUT2D eigenvalue weighted by molar-refractivity contribution is 7.17. The molecule has 7 nitrogen and oxygen atoms in total. The van der Waals surface area contributed by atoms with Gasteiger partial charge in [-0.05, 0) is 58.1 Å². The first-order valence-electron chi connectivity index (χ1n) is 9.20. The minimum absolute atomic E-state index is 0.113. The second kappa shape index (κ2) is 8.10. The van der Waals surface area contributed by atoms with Crippen molar-refractivity contribution in [3.8, 4) is 0 Å². The molecule has 0 spiro atoms. The van der Waals surface area contributed by atoms with Crippen LogP contribution in [0.5, 0.6) is 0 Å². The third kappa shape index (κ3) is 3.91. The number of fused-ring (bicyclic) bond motifs is 1. The number of nitrogens with one attached hydrogen (secondary N) is 1. The molecule has 1 amide bonds. The molecule has 148 valence electrons. The van der Waals surface area contributed by atoms with Gasteiger partial charge in [-0.3, -0.25) is 14.9 Å². The smallest absolute Gasteiger partial charge is 0.341 e. The highest BCUT2D eigenvalue weighted by Gasteiger charge is 2.28. The SMILES string of the molecule is Cc1c(C(=O)Nc2sc3c(c2C(=O)OC(C)C)CCCC3)cccc1[N+](=O)[O-]. The molecule has 8 heteroatoms. The van der Waals surface area contributed by atoms with E-state index in [0.29, 0.717) is 10.6 Å². The van der Waals surface area contributed by atoms with Crippen molar-refractivity contribution in [1.29, 1.82) is 0 Å². The minimum atomic E-state index is -0.513. The molecule has 3 rings (SSSR count). The van der Waals surface area contributed by atoms with Gasteiger partial charge in [0.25, 0.3) is 11.6 Å². The summed E-state index contributed by atoms with van der Waals surface area (Å²) in [5, 5.41) is 14.4. The molecular formula is C20H22N2O5S. The number of ether oxygens (including phenoxy) is 1. The van der Waals surface area contributed by atoms with Crippen LogP contribution in [0, 0.1) is 17.0 Å². The number of esters is 1. The van der Waals surface area contributed by atoms with Crippen molar-refractivity contribution in [2.75, 3.05) is 5.32 Å². The van der Waals surface area contributed by atoms with Crippen LogP contribution in [0.2, 0.25) is 0 Å². The van der Waals surface area contributed by atoms with Crippen LogP contribution in [0.1, 0.15) is 63.4 Å².